The van der Waals surface area contributed by atoms with Crippen molar-refractivity contribution in [3.63, 3.8) is 0 Å². The van der Waals surface area contributed by atoms with Crippen molar-refractivity contribution in [3.8, 4) is 11.3 Å². The number of aromatic nitrogens is 1. The van der Waals surface area contributed by atoms with Gasteiger partial charge >= 0.3 is 5.97 Å². The van der Waals surface area contributed by atoms with Crippen molar-refractivity contribution >= 4 is 45.2 Å². The van der Waals surface area contributed by atoms with Crippen LogP contribution < -0.4 is 11.1 Å². The highest BCUT2D eigenvalue weighted by atomic mass is 35.5. The van der Waals surface area contributed by atoms with Gasteiger partial charge < -0.3 is 16.2 Å². The van der Waals surface area contributed by atoms with Gasteiger partial charge in [-0.3, -0.25) is 4.79 Å². The summed E-state index contributed by atoms with van der Waals surface area (Å²) in [5.41, 5.74) is 5.47. The van der Waals surface area contributed by atoms with Gasteiger partial charge in [0.05, 0.1) is 21.7 Å². The number of nitrogens with one attached hydrogen (secondary N) is 1. The Hall–Kier alpha value is -3.26. The Morgan fingerprint density at radius 3 is 2.42 bits per heavy atom. The fourth-order valence-electron chi connectivity index (χ4n) is 4.13. The van der Waals surface area contributed by atoms with E-state index in [1.165, 1.54) is 18.2 Å². The molecule has 1 fully saturated rings. The topological polar surface area (TPSA) is 143 Å². The summed E-state index contributed by atoms with van der Waals surface area (Å²) in [7, 11) is -4.29. The first-order chi connectivity index (χ1) is 17.4. The molecule has 0 unspecified atom stereocenters. The molecular weight excluding hydrogens is 549 g/mol. The van der Waals surface area contributed by atoms with Gasteiger partial charge in [0.1, 0.15) is 23.8 Å². The van der Waals surface area contributed by atoms with Gasteiger partial charge in [0.15, 0.2) is 0 Å². The molecule has 1 aromatic heterocycles. The molecule has 0 radical (unpaired) electrons. The van der Waals surface area contributed by atoms with Gasteiger partial charge in [-0.15, -0.1) is 12.4 Å². The summed E-state index contributed by atoms with van der Waals surface area (Å²) in [6.45, 7) is 0.867. The number of benzene rings is 2. The predicted octanol–water partition coefficient (Wildman–Crippen LogP) is 2.78. The zero-order chi connectivity index (χ0) is 27.1. The van der Waals surface area contributed by atoms with E-state index in [4.69, 9.17) is 10.8 Å². The fraction of sp³-hybridized carbons (Fsp3) is 0.292. The predicted molar refractivity (Wildman–Crippen MR) is 135 cm³/mol. The van der Waals surface area contributed by atoms with Gasteiger partial charge in [0, 0.05) is 30.6 Å². The van der Waals surface area contributed by atoms with Crippen LogP contribution in [0, 0.1) is 18.6 Å². The minimum Gasteiger partial charge on any atom is -0.480 e. The number of alkyl halides is 1. The molecule has 9 nitrogen and oxygen atoms in total. The monoisotopic (exact) mass is 572 g/mol. The summed E-state index contributed by atoms with van der Waals surface area (Å²) < 4.78 is 70.0. The van der Waals surface area contributed by atoms with Crippen LogP contribution in [-0.4, -0.2) is 66.5 Å². The van der Waals surface area contributed by atoms with Crippen LogP contribution in [0.5, 0.6) is 0 Å². The van der Waals surface area contributed by atoms with Crippen LogP contribution in [-0.2, 0) is 14.8 Å². The van der Waals surface area contributed by atoms with Crippen molar-refractivity contribution in [1.82, 2.24) is 14.6 Å². The Morgan fingerprint density at radius 2 is 1.87 bits per heavy atom. The first kappa shape index (κ1) is 29.3. The second-order valence-electron chi connectivity index (χ2n) is 8.67. The number of aryl methyl sites for hydroxylation is 1. The standard InChI is InChI=1S/C24H23F3N4O5S.ClH/c1-12-6-20(29-19-7-13(2-3-16(12)19)23(32)30-21(10-28)24(33)34)22-17(26)8-15(9-18(22)27)37(35,36)31-5-4-14(25)11-31;/h2-3,6-9,14,21H,4-5,10-11,28H2,1H3,(H,30,32)(H,33,34);1H/t14-,21-;/m0./s1. The number of hydrogen-bond acceptors (Lipinski definition) is 6. The largest absolute Gasteiger partial charge is 0.480 e. The molecule has 4 rings (SSSR count). The molecule has 1 aliphatic heterocycles. The number of nitrogens with zero attached hydrogens (tertiary/aromatic N) is 2. The zero-order valence-electron chi connectivity index (χ0n) is 19.9. The highest BCUT2D eigenvalue weighted by Crippen LogP contribution is 2.32. The van der Waals surface area contributed by atoms with Crippen LogP contribution in [0.1, 0.15) is 22.3 Å². The van der Waals surface area contributed by atoms with E-state index in [2.05, 4.69) is 10.3 Å². The quantitative estimate of drug-likeness (QED) is 0.395. The summed E-state index contributed by atoms with van der Waals surface area (Å²) in [5, 5.41) is 11.9. The van der Waals surface area contributed by atoms with E-state index in [1.807, 2.05) is 0 Å². The lowest BCUT2D eigenvalue weighted by atomic mass is 10.0. The summed E-state index contributed by atoms with van der Waals surface area (Å²) in [6.07, 6.45) is -1.34. The van der Waals surface area contributed by atoms with Crippen LogP contribution in [0.2, 0.25) is 0 Å². The molecule has 1 amide bonds. The second kappa shape index (κ2) is 11.2. The number of carbonyl (C=O) groups excluding carboxylic acids is 1. The molecule has 4 N–H and O–H groups in total. The van der Waals surface area contributed by atoms with Crippen LogP contribution in [0.4, 0.5) is 13.2 Å². The summed E-state index contributed by atoms with van der Waals surface area (Å²) in [6, 6.07) is 5.80. The van der Waals surface area contributed by atoms with Crippen molar-refractivity contribution in [1.29, 1.82) is 0 Å². The Balaban J connectivity index is 0.00000400. The third-order valence-corrected chi connectivity index (χ3v) is 7.96. The van der Waals surface area contributed by atoms with E-state index in [0.29, 0.717) is 23.1 Å². The first-order valence-corrected chi connectivity index (χ1v) is 12.6. The highest BCUT2D eigenvalue weighted by molar-refractivity contribution is 7.89. The van der Waals surface area contributed by atoms with E-state index < -0.39 is 56.2 Å². The maximum absolute atomic E-state index is 15.1. The molecule has 0 saturated carbocycles. The molecule has 204 valence electrons. The number of carboxylic acid groups (broad SMARTS) is 1. The number of amides is 1. The maximum atomic E-state index is 15.1. The molecule has 2 aromatic carbocycles. The normalized spacial score (nSPS) is 16.7. The number of rotatable bonds is 7. The third-order valence-electron chi connectivity index (χ3n) is 6.12. The minimum atomic E-state index is -4.29. The number of hydrogen-bond donors (Lipinski definition) is 3. The maximum Gasteiger partial charge on any atom is 0.327 e. The van der Waals surface area contributed by atoms with E-state index in [1.54, 1.807) is 13.0 Å². The van der Waals surface area contributed by atoms with Gasteiger partial charge in [-0.1, -0.05) is 6.07 Å². The second-order valence-corrected chi connectivity index (χ2v) is 10.6. The molecule has 3 aromatic rings. The zero-order valence-corrected chi connectivity index (χ0v) is 21.6. The van der Waals surface area contributed by atoms with Gasteiger partial charge in [0.25, 0.3) is 5.91 Å². The van der Waals surface area contributed by atoms with Crippen LogP contribution in [0.3, 0.4) is 0 Å². The molecule has 2 atom stereocenters. The van der Waals surface area contributed by atoms with Crippen molar-refractivity contribution in [2.75, 3.05) is 19.6 Å². The number of carbonyl (C=O) groups is 2. The molecular formula is C24H24ClF3N4O5S. The summed E-state index contributed by atoms with van der Waals surface area (Å²) >= 11 is 0. The third kappa shape index (κ3) is 5.60. The molecule has 38 heavy (non-hydrogen) atoms. The SMILES string of the molecule is Cc1cc(-c2c(F)cc(S(=O)(=O)N3CC[C@H](F)C3)cc2F)nc2cc(C(=O)N[C@@H](CN)C(=O)O)ccc12.Cl. The number of fused-ring (bicyclic) bond motifs is 1. The number of aliphatic carboxylic acids is 1. The summed E-state index contributed by atoms with van der Waals surface area (Å²) in [5.74, 6) is -4.39. The van der Waals surface area contributed by atoms with E-state index in [9.17, 15) is 22.4 Å². The van der Waals surface area contributed by atoms with E-state index >= 15 is 8.78 Å². The number of sulfonamides is 1. The van der Waals surface area contributed by atoms with Crippen LogP contribution in [0.25, 0.3) is 22.2 Å². The molecule has 1 saturated heterocycles. The average molecular weight is 573 g/mol. The Labute approximate surface area is 222 Å². The molecule has 1 aliphatic rings. The van der Waals surface area contributed by atoms with E-state index in [0.717, 1.165) is 4.31 Å². The van der Waals surface area contributed by atoms with E-state index in [-0.39, 0.29) is 55.2 Å². The molecule has 0 aliphatic carbocycles. The minimum absolute atomic E-state index is 0. The van der Waals surface area contributed by atoms with Crippen LogP contribution in [0.15, 0.2) is 41.3 Å². The average Bonchev–Trinajstić information content (AvgIpc) is 3.28. The Bertz CT molecular complexity index is 1500. The highest BCUT2D eigenvalue weighted by Gasteiger charge is 2.34. The molecule has 0 spiro atoms. The Kier molecular flexibility index (Phi) is 8.66. The van der Waals surface area contributed by atoms with Crippen LogP contribution >= 0.6 is 12.4 Å². The van der Waals surface area contributed by atoms with Gasteiger partial charge in [-0.25, -0.2) is 31.4 Å². The van der Waals surface area contributed by atoms with Crippen molar-refractivity contribution < 1.29 is 36.3 Å². The molecule has 0 bridgehead atoms. The lowest BCUT2D eigenvalue weighted by Crippen LogP contribution is -2.45. The first-order valence-electron chi connectivity index (χ1n) is 11.2. The van der Waals surface area contributed by atoms with Crippen molar-refractivity contribution in [3.05, 3.63) is 59.2 Å². The summed E-state index contributed by atoms with van der Waals surface area (Å²) in [4.78, 5) is 27.3. The van der Waals surface area contributed by atoms with Crippen molar-refractivity contribution in [2.45, 2.75) is 30.5 Å². The number of pyridine rings is 1. The lowest BCUT2D eigenvalue weighted by molar-refractivity contribution is -0.138. The smallest absolute Gasteiger partial charge is 0.327 e. The fourth-order valence-corrected chi connectivity index (χ4v) is 5.64. The van der Waals surface area contributed by atoms with Gasteiger partial charge in [0.2, 0.25) is 10.0 Å². The number of carboxylic acids is 1. The number of halogens is 4. The van der Waals surface area contributed by atoms with Crippen molar-refractivity contribution in [2.24, 2.45) is 5.73 Å². The number of nitrogens with two attached hydrogens (primary N) is 1. The molecule has 14 heteroatoms. The van der Waals surface area contributed by atoms with Gasteiger partial charge in [-0.05, 0) is 49.2 Å². The van der Waals surface area contributed by atoms with Gasteiger partial charge in [-0.2, -0.15) is 4.31 Å². The molecule has 2 heterocycles. The Morgan fingerprint density at radius 1 is 1.21 bits per heavy atom. The lowest BCUT2D eigenvalue weighted by Gasteiger charge is -2.17.